The van der Waals surface area contributed by atoms with E-state index in [9.17, 15) is 20.0 Å². The molecule has 0 saturated carbocycles. The van der Waals surface area contributed by atoms with Gasteiger partial charge in [0.15, 0.2) is 12.9 Å². The summed E-state index contributed by atoms with van der Waals surface area (Å²) in [6.07, 6.45) is 0.807. The largest absolute Gasteiger partial charge is 0.492 e. The van der Waals surface area contributed by atoms with Gasteiger partial charge in [0, 0.05) is 44.5 Å². The van der Waals surface area contributed by atoms with Crippen molar-refractivity contribution >= 4 is 41.5 Å². The van der Waals surface area contributed by atoms with E-state index < -0.39 is 6.29 Å². The molecule has 2 aromatic rings. The average Bonchev–Trinajstić information content (AvgIpc) is 2.93. The third-order valence-electron chi connectivity index (χ3n) is 5.72. The number of hydrogen-bond acceptors (Lipinski definition) is 9. The number of nitrogens with zero attached hydrogens (tertiary/aromatic N) is 2. The van der Waals surface area contributed by atoms with Crippen LogP contribution in [0.1, 0.15) is 50.7 Å². The first-order valence-corrected chi connectivity index (χ1v) is 13.4. The second kappa shape index (κ2) is 17.3. The van der Waals surface area contributed by atoms with Gasteiger partial charge >= 0.3 is 0 Å². The Morgan fingerprint density at radius 3 is 2.63 bits per heavy atom. The molecule has 222 valence electrons. The van der Waals surface area contributed by atoms with E-state index in [1.54, 1.807) is 30.3 Å². The lowest BCUT2D eigenvalue weighted by molar-refractivity contribution is -0.123. The molecular weight excluding hydrogens is 573 g/mol. The van der Waals surface area contributed by atoms with Crippen LogP contribution in [-0.2, 0) is 9.59 Å². The van der Waals surface area contributed by atoms with Crippen LogP contribution in [-0.4, -0.2) is 61.3 Å². The Morgan fingerprint density at radius 2 is 1.95 bits per heavy atom. The van der Waals surface area contributed by atoms with Crippen LogP contribution in [0.3, 0.4) is 0 Å². The monoisotopic (exact) mass is 607 g/mol. The van der Waals surface area contributed by atoms with Crippen molar-refractivity contribution in [3.8, 4) is 23.3 Å². The molecule has 0 bridgehead atoms. The summed E-state index contributed by atoms with van der Waals surface area (Å²) in [7, 11) is 0. The number of nitrogens with one attached hydrogen (secondary N) is 3. The minimum Gasteiger partial charge on any atom is -0.492 e. The Hall–Kier alpha value is -3.56. The zero-order valence-electron chi connectivity index (χ0n) is 22.9. The number of carbonyl (C=O) groups is 2. The fourth-order valence-electron chi connectivity index (χ4n) is 3.66. The average molecular weight is 609 g/mol. The summed E-state index contributed by atoms with van der Waals surface area (Å²) in [4.78, 5) is 23.4. The predicted molar refractivity (Wildman–Crippen MR) is 157 cm³/mol. The van der Waals surface area contributed by atoms with Crippen LogP contribution in [0.5, 0.6) is 17.2 Å². The van der Waals surface area contributed by atoms with E-state index in [2.05, 4.69) is 27.2 Å². The SMILES string of the molecule is CC(C)NCC[C@@H](O)Oc1ccc(OCCCNC(=O)COc2ccc(C3=NNC(=O)CC3)cc2Cl)c(C#N)c1.Cl. The van der Waals surface area contributed by atoms with E-state index in [0.29, 0.717) is 67.1 Å². The molecule has 1 aliphatic rings. The zero-order valence-corrected chi connectivity index (χ0v) is 24.5. The van der Waals surface area contributed by atoms with Gasteiger partial charge in [-0.2, -0.15) is 10.4 Å². The molecule has 13 heteroatoms. The minimum absolute atomic E-state index is 0. The summed E-state index contributed by atoms with van der Waals surface area (Å²) in [6.45, 7) is 5.05. The summed E-state index contributed by atoms with van der Waals surface area (Å²) in [5, 5.41) is 29.8. The van der Waals surface area contributed by atoms with E-state index >= 15 is 0 Å². The maximum Gasteiger partial charge on any atom is 0.257 e. The van der Waals surface area contributed by atoms with Gasteiger partial charge in [-0.3, -0.25) is 9.59 Å². The summed E-state index contributed by atoms with van der Waals surface area (Å²) < 4.78 is 16.7. The molecule has 0 fully saturated rings. The molecule has 1 aliphatic heterocycles. The summed E-state index contributed by atoms with van der Waals surface area (Å²) in [6, 6.07) is 12.3. The van der Waals surface area contributed by atoms with Crippen LogP contribution in [0, 0.1) is 11.3 Å². The lowest BCUT2D eigenvalue weighted by atomic mass is 10.0. The topological polar surface area (TPSA) is 154 Å². The van der Waals surface area contributed by atoms with Crippen LogP contribution in [0.4, 0.5) is 0 Å². The highest BCUT2D eigenvalue weighted by Crippen LogP contribution is 2.27. The first kappa shape index (κ1) is 33.6. The van der Waals surface area contributed by atoms with Crippen LogP contribution in [0.25, 0.3) is 0 Å². The molecule has 1 heterocycles. The first-order valence-electron chi connectivity index (χ1n) is 13.0. The van der Waals surface area contributed by atoms with Crippen molar-refractivity contribution in [2.24, 2.45) is 5.10 Å². The second-order valence-electron chi connectivity index (χ2n) is 9.32. The van der Waals surface area contributed by atoms with Gasteiger partial charge < -0.3 is 30.0 Å². The highest BCUT2D eigenvalue weighted by atomic mass is 35.5. The van der Waals surface area contributed by atoms with Crippen molar-refractivity contribution in [2.75, 3.05) is 26.3 Å². The fourth-order valence-corrected chi connectivity index (χ4v) is 3.90. The number of amides is 2. The van der Waals surface area contributed by atoms with Gasteiger partial charge in [-0.1, -0.05) is 25.4 Å². The minimum atomic E-state index is -0.991. The number of carbonyl (C=O) groups excluding carboxylic acids is 2. The van der Waals surface area contributed by atoms with Gasteiger partial charge in [0.05, 0.1) is 22.9 Å². The van der Waals surface area contributed by atoms with Gasteiger partial charge in [0.25, 0.3) is 5.91 Å². The van der Waals surface area contributed by atoms with E-state index in [0.717, 1.165) is 11.3 Å². The first-order chi connectivity index (χ1) is 19.2. The number of nitriles is 1. The molecule has 1 atom stereocenters. The molecule has 0 unspecified atom stereocenters. The smallest absolute Gasteiger partial charge is 0.257 e. The standard InChI is InChI=1S/C28H34ClN5O6.ClH/c1-18(2)31-12-10-28(37)40-21-5-8-24(20(14-21)16-30)38-13-3-11-32-27(36)17-39-25-7-4-19(15-22(25)29)23-6-9-26(35)34-33-23;/h4-5,7-8,14-15,18,28,31,37H,3,6,9-13,17H2,1-2H3,(H,32,36)(H,34,35);1H/t28-;/m0./s1. The number of aliphatic hydroxyl groups excluding tert-OH is 1. The van der Waals surface area contributed by atoms with Crippen LogP contribution >= 0.6 is 24.0 Å². The predicted octanol–water partition coefficient (Wildman–Crippen LogP) is 3.30. The summed E-state index contributed by atoms with van der Waals surface area (Å²) in [5.41, 5.74) is 4.23. The van der Waals surface area contributed by atoms with Crippen LogP contribution in [0.15, 0.2) is 41.5 Å². The molecule has 2 amide bonds. The van der Waals surface area contributed by atoms with Gasteiger partial charge in [-0.05, 0) is 42.3 Å². The highest BCUT2D eigenvalue weighted by molar-refractivity contribution is 6.32. The molecule has 11 nitrogen and oxygen atoms in total. The molecule has 0 aromatic heterocycles. The van der Waals surface area contributed by atoms with E-state index in [4.69, 9.17) is 25.8 Å². The van der Waals surface area contributed by atoms with Crippen molar-refractivity contribution < 1.29 is 28.9 Å². The van der Waals surface area contributed by atoms with Crippen LogP contribution < -0.4 is 30.3 Å². The van der Waals surface area contributed by atoms with E-state index in [1.807, 2.05) is 13.8 Å². The van der Waals surface area contributed by atoms with Crippen molar-refractivity contribution in [1.82, 2.24) is 16.1 Å². The Kier molecular flexibility index (Phi) is 14.2. The van der Waals surface area contributed by atoms with Gasteiger partial charge in [0.2, 0.25) is 5.91 Å². The quantitative estimate of drug-likeness (QED) is 0.178. The summed E-state index contributed by atoms with van der Waals surface area (Å²) >= 11 is 6.29. The fraction of sp³-hybridized carbons (Fsp3) is 0.429. The maximum atomic E-state index is 12.2. The number of hydrogen-bond donors (Lipinski definition) is 4. The molecule has 41 heavy (non-hydrogen) atoms. The Morgan fingerprint density at radius 1 is 1.17 bits per heavy atom. The number of halogens is 2. The molecule has 0 radical (unpaired) electrons. The lowest BCUT2D eigenvalue weighted by Gasteiger charge is -2.16. The second-order valence-corrected chi connectivity index (χ2v) is 9.73. The Bertz CT molecular complexity index is 1250. The third-order valence-corrected chi connectivity index (χ3v) is 6.01. The lowest BCUT2D eigenvalue weighted by Crippen LogP contribution is -2.30. The molecule has 3 rings (SSSR count). The van der Waals surface area contributed by atoms with E-state index in [-0.39, 0.29) is 43.0 Å². The zero-order chi connectivity index (χ0) is 28.9. The molecule has 0 spiro atoms. The summed E-state index contributed by atoms with van der Waals surface area (Å²) in [5.74, 6) is 0.683. The van der Waals surface area contributed by atoms with Crippen molar-refractivity contribution in [3.05, 3.63) is 52.5 Å². The van der Waals surface area contributed by atoms with Crippen molar-refractivity contribution in [3.63, 3.8) is 0 Å². The highest BCUT2D eigenvalue weighted by Gasteiger charge is 2.15. The molecule has 0 saturated heterocycles. The molecular formula is C28H35Cl2N5O6. The number of ether oxygens (including phenoxy) is 3. The Balaban J connectivity index is 0.00000588. The van der Waals surface area contributed by atoms with Gasteiger partial charge in [-0.15, -0.1) is 12.4 Å². The molecule has 4 N–H and O–H groups in total. The molecule has 0 aliphatic carbocycles. The molecule has 2 aromatic carbocycles. The maximum absolute atomic E-state index is 12.2. The Labute approximate surface area is 250 Å². The number of rotatable bonds is 15. The number of aliphatic hydroxyl groups is 1. The van der Waals surface area contributed by atoms with Gasteiger partial charge in [-0.25, -0.2) is 5.43 Å². The third kappa shape index (κ3) is 11.4. The normalized spacial score (nSPS) is 13.3. The van der Waals surface area contributed by atoms with Crippen LogP contribution in [0.2, 0.25) is 5.02 Å². The van der Waals surface area contributed by atoms with Gasteiger partial charge in [0.1, 0.15) is 23.3 Å². The van der Waals surface area contributed by atoms with E-state index in [1.165, 1.54) is 6.07 Å². The van der Waals surface area contributed by atoms with Crippen molar-refractivity contribution in [2.45, 2.75) is 51.9 Å². The van der Waals surface area contributed by atoms with Crippen molar-refractivity contribution in [1.29, 1.82) is 5.26 Å². The number of hydrazone groups is 1. The number of benzene rings is 2.